The Morgan fingerprint density at radius 1 is 1.04 bits per heavy atom. The van der Waals surface area contributed by atoms with Crippen LogP contribution in [0.1, 0.15) is 15.9 Å². The Morgan fingerprint density at radius 2 is 1.78 bits per heavy atom. The third-order valence-corrected chi connectivity index (χ3v) is 4.84. The number of methoxy groups -OCH3 is 1. The zero-order chi connectivity index (χ0) is 19.0. The predicted molar refractivity (Wildman–Crippen MR) is 108 cm³/mol. The zero-order valence-electron chi connectivity index (χ0n) is 14.9. The van der Waals surface area contributed by atoms with Gasteiger partial charge in [-0.3, -0.25) is 0 Å². The second-order valence-corrected chi connectivity index (χ2v) is 6.71. The molecule has 0 fully saturated rings. The van der Waals surface area contributed by atoms with Gasteiger partial charge in [0.25, 0.3) is 0 Å². The quantitative estimate of drug-likeness (QED) is 0.447. The van der Waals surface area contributed by atoms with Gasteiger partial charge in [-0.1, -0.05) is 47.5 Å². The summed E-state index contributed by atoms with van der Waals surface area (Å²) in [4.78, 5) is 12.0. The van der Waals surface area contributed by atoms with Crippen LogP contribution in [0.5, 0.6) is 0 Å². The first-order chi connectivity index (χ1) is 13.1. The van der Waals surface area contributed by atoms with E-state index in [9.17, 15) is 4.79 Å². The number of aromatic nitrogens is 2. The standard InChI is InChI=1S/C22H17ClN2O2/c1-14-7-10-16(11-8-14)25-20-12-9-15(22(26)27-2)13-18(20)21(24-25)17-5-3-4-6-19(17)23/h3-13H,1-2H3. The molecular formula is C22H17ClN2O2. The van der Waals surface area contributed by atoms with Crippen LogP contribution in [0, 0.1) is 6.92 Å². The summed E-state index contributed by atoms with van der Waals surface area (Å²) < 4.78 is 6.74. The van der Waals surface area contributed by atoms with Gasteiger partial charge in [0.15, 0.2) is 0 Å². The molecule has 0 saturated carbocycles. The van der Waals surface area contributed by atoms with Crippen molar-refractivity contribution in [2.45, 2.75) is 6.92 Å². The summed E-state index contributed by atoms with van der Waals surface area (Å²) in [5.41, 5.74) is 5.02. The number of nitrogens with zero attached hydrogens (tertiary/aromatic N) is 2. The van der Waals surface area contributed by atoms with Gasteiger partial charge in [0, 0.05) is 10.9 Å². The minimum absolute atomic E-state index is 0.384. The monoisotopic (exact) mass is 376 g/mol. The van der Waals surface area contributed by atoms with Gasteiger partial charge in [-0.2, -0.15) is 5.10 Å². The number of rotatable bonds is 3. The molecule has 0 aliphatic carbocycles. The summed E-state index contributed by atoms with van der Waals surface area (Å²) >= 11 is 6.42. The van der Waals surface area contributed by atoms with Crippen LogP contribution in [-0.4, -0.2) is 22.9 Å². The molecule has 5 heteroatoms. The highest BCUT2D eigenvalue weighted by molar-refractivity contribution is 6.33. The Bertz CT molecular complexity index is 1150. The molecule has 0 aliphatic heterocycles. The first kappa shape index (κ1) is 17.3. The van der Waals surface area contributed by atoms with E-state index >= 15 is 0 Å². The topological polar surface area (TPSA) is 44.1 Å². The Balaban J connectivity index is 2.02. The summed E-state index contributed by atoms with van der Waals surface area (Å²) in [6.07, 6.45) is 0. The van der Waals surface area contributed by atoms with Crippen LogP contribution in [-0.2, 0) is 4.74 Å². The van der Waals surface area contributed by atoms with Crippen molar-refractivity contribution in [2.75, 3.05) is 7.11 Å². The van der Waals surface area contributed by atoms with Crippen molar-refractivity contribution in [2.24, 2.45) is 0 Å². The van der Waals surface area contributed by atoms with Crippen LogP contribution in [0.4, 0.5) is 0 Å². The highest BCUT2D eigenvalue weighted by Crippen LogP contribution is 2.34. The SMILES string of the molecule is COC(=O)c1ccc2c(c1)c(-c1ccccc1Cl)nn2-c1ccc(C)cc1. The minimum Gasteiger partial charge on any atom is -0.465 e. The summed E-state index contributed by atoms with van der Waals surface area (Å²) in [6.45, 7) is 2.04. The number of carbonyl (C=O) groups is 1. The Labute approximate surface area is 162 Å². The maximum Gasteiger partial charge on any atom is 0.337 e. The molecule has 0 radical (unpaired) electrons. The lowest BCUT2D eigenvalue weighted by molar-refractivity contribution is 0.0601. The highest BCUT2D eigenvalue weighted by atomic mass is 35.5. The van der Waals surface area contributed by atoms with Crippen LogP contribution < -0.4 is 0 Å². The lowest BCUT2D eigenvalue weighted by Gasteiger charge is -2.04. The second-order valence-electron chi connectivity index (χ2n) is 6.30. The third kappa shape index (κ3) is 3.09. The third-order valence-electron chi connectivity index (χ3n) is 4.51. The van der Waals surface area contributed by atoms with Crippen molar-refractivity contribution in [1.29, 1.82) is 0 Å². The van der Waals surface area contributed by atoms with E-state index in [0.29, 0.717) is 10.6 Å². The molecule has 0 unspecified atom stereocenters. The maximum atomic E-state index is 12.0. The number of carbonyl (C=O) groups excluding carboxylic acids is 1. The van der Waals surface area contributed by atoms with Crippen LogP contribution in [0.2, 0.25) is 5.02 Å². The van der Waals surface area contributed by atoms with Gasteiger partial charge in [0.2, 0.25) is 0 Å². The van der Waals surface area contributed by atoms with Crippen molar-refractivity contribution >= 4 is 28.5 Å². The summed E-state index contributed by atoms with van der Waals surface area (Å²) in [6, 6.07) is 21.1. The zero-order valence-corrected chi connectivity index (χ0v) is 15.7. The molecule has 27 heavy (non-hydrogen) atoms. The molecule has 0 saturated heterocycles. The van der Waals surface area contributed by atoms with Crippen molar-refractivity contribution in [3.05, 3.63) is 82.9 Å². The van der Waals surface area contributed by atoms with E-state index in [-0.39, 0.29) is 5.97 Å². The second kappa shape index (κ2) is 6.89. The number of halogens is 1. The smallest absolute Gasteiger partial charge is 0.337 e. The largest absolute Gasteiger partial charge is 0.465 e. The summed E-state index contributed by atoms with van der Waals surface area (Å²) in [5.74, 6) is -0.384. The molecule has 0 N–H and O–H groups in total. The molecule has 4 nitrogen and oxygen atoms in total. The van der Waals surface area contributed by atoms with E-state index in [1.54, 1.807) is 12.1 Å². The first-order valence-corrected chi connectivity index (χ1v) is 8.89. The molecule has 0 bridgehead atoms. The van der Waals surface area contributed by atoms with Gasteiger partial charge >= 0.3 is 5.97 Å². The number of esters is 1. The van der Waals surface area contributed by atoms with Gasteiger partial charge in [-0.25, -0.2) is 9.48 Å². The van der Waals surface area contributed by atoms with Crippen molar-refractivity contribution in [3.63, 3.8) is 0 Å². The average molecular weight is 377 g/mol. The number of ether oxygens (including phenoxy) is 1. The van der Waals surface area contributed by atoms with E-state index in [1.807, 2.05) is 66.2 Å². The van der Waals surface area contributed by atoms with E-state index < -0.39 is 0 Å². The molecule has 1 heterocycles. The number of aryl methyl sites for hydroxylation is 1. The number of benzene rings is 3. The molecule has 1 aromatic heterocycles. The number of hydrogen-bond donors (Lipinski definition) is 0. The average Bonchev–Trinajstić information content (AvgIpc) is 3.07. The maximum absolute atomic E-state index is 12.0. The molecule has 0 amide bonds. The lowest BCUT2D eigenvalue weighted by Crippen LogP contribution is -2.01. The van der Waals surface area contributed by atoms with Crippen LogP contribution in [0.25, 0.3) is 27.8 Å². The van der Waals surface area contributed by atoms with Crippen molar-refractivity contribution in [1.82, 2.24) is 9.78 Å². The molecule has 0 aliphatic rings. The van der Waals surface area contributed by atoms with Gasteiger partial charge in [0.1, 0.15) is 5.69 Å². The summed E-state index contributed by atoms with van der Waals surface area (Å²) in [7, 11) is 1.37. The van der Waals surface area contributed by atoms with Crippen LogP contribution >= 0.6 is 11.6 Å². The number of fused-ring (bicyclic) bond motifs is 1. The van der Waals surface area contributed by atoms with E-state index in [0.717, 1.165) is 27.8 Å². The van der Waals surface area contributed by atoms with E-state index in [4.69, 9.17) is 21.4 Å². The van der Waals surface area contributed by atoms with Crippen LogP contribution in [0.15, 0.2) is 66.7 Å². The van der Waals surface area contributed by atoms with Gasteiger partial charge in [0.05, 0.1) is 28.9 Å². The fourth-order valence-electron chi connectivity index (χ4n) is 3.10. The summed E-state index contributed by atoms with van der Waals surface area (Å²) in [5, 5.41) is 6.27. The minimum atomic E-state index is -0.384. The van der Waals surface area contributed by atoms with Gasteiger partial charge in [-0.05, 0) is 43.3 Å². The fraction of sp³-hybridized carbons (Fsp3) is 0.0909. The van der Waals surface area contributed by atoms with Crippen molar-refractivity contribution < 1.29 is 9.53 Å². The molecule has 3 aromatic carbocycles. The normalized spacial score (nSPS) is 10.9. The van der Waals surface area contributed by atoms with Crippen LogP contribution in [0.3, 0.4) is 0 Å². The van der Waals surface area contributed by atoms with Gasteiger partial charge < -0.3 is 4.74 Å². The molecule has 0 spiro atoms. The fourth-order valence-corrected chi connectivity index (χ4v) is 3.32. The predicted octanol–water partition coefficient (Wildman–Crippen LogP) is 5.44. The molecule has 134 valence electrons. The lowest BCUT2D eigenvalue weighted by atomic mass is 10.1. The Kier molecular flexibility index (Phi) is 4.42. The first-order valence-electron chi connectivity index (χ1n) is 8.51. The van der Waals surface area contributed by atoms with Crippen molar-refractivity contribution in [3.8, 4) is 16.9 Å². The number of hydrogen-bond acceptors (Lipinski definition) is 3. The van der Waals surface area contributed by atoms with Gasteiger partial charge in [-0.15, -0.1) is 0 Å². The molecular weight excluding hydrogens is 360 g/mol. The molecule has 4 aromatic rings. The Morgan fingerprint density at radius 3 is 2.48 bits per heavy atom. The highest BCUT2D eigenvalue weighted by Gasteiger charge is 2.18. The van der Waals surface area contributed by atoms with E-state index in [2.05, 4.69) is 0 Å². The van der Waals surface area contributed by atoms with E-state index in [1.165, 1.54) is 12.7 Å². The Hall–Kier alpha value is -3.11. The molecule has 4 rings (SSSR count). The molecule has 0 atom stereocenters.